The van der Waals surface area contributed by atoms with Crippen molar-refractivity contribution < 1.29 is 26.7 Å². The number of hydrogen-bond donors (Lipinski definition) is 1. The van der Waals surface area contributed by atoms with Crippen LogP contribution in [0.2, 0.25) is 0 Å². The van der Waals surface area contributed by atoms with Gasteiger partial charge in [-0.3, -0.25) is 14.7 Å². The van der Waals surface area contributed by atoms with Gasteiger partial charge in [-0.05, 0) is 53.4 Å². The first-order valence-corrected chi connectivity index (χ1v) is 10.5. The number of anilines is 1. The number of nitrogens with one attached hydrogen (secondary N) is 1. The van der Waals surface area contributed by atoms with Crippen molar-refractivity contribution in [3.8, 4) is 0 Å². The van der Waals surface area contributed by atoms with Crippen molar-refractivity contribution in [1.82, 2.24) is 14.8 Å². The zero-order valence-corrected chi connectivity index (χ0v) is 18.7. The second-order valence-corrected chi connectivity index (χ2v) is 8.46. The Morgan fingerprint density at radius 1 is 1.19 bits per heavy atom. The van der Waals surface area contributed by atoms with Crippen LogP contribution in [0.1, 0.15) is 33.6 Å². The van der Waals surface area contributed by atoms with Crippen molar-refractivity contribution in [3.05, 3.63) is 56.4 Å². The lowest BCUT2D eigenvalue weighted by Crippen LogP contribution is -2.44. The fraction of sp³-hybridized carbons (Fsp3) is 0.400. The number of amides is 1. The molecule has 0 radical (unpaired) electrons. The molecule has 1 aliphatic rings. The topological polar surface area (TPSA) is 48.5 Å². The molecular formula is C20H20F5IN4O. The van der Waals surface area contributed by atoms with E-state index in [9.17, 15) is 26.7 Å². The maximum absolute atomic E-state index is 13.7. The van der Waals surface area contributed by atoms with Crippen LogP contribution in [0.3, 0.4) is 0 Å². The molecule has 31 heavy (non-hydrogen) atoms. The summed E-state index contributed by atoms with van der Waals surface area (Å²) in [7, 11) is 1.97. The predicted molar refractivity (Wildman–Crippen MR) is 114 cm³/mol. The molecule has 0 atom stereocenters. The smallest absolute Gasteiger partial charge is 0.322 e. The lowest BCUT2D eigenvalue weighted by Gasteiger charge is -2.33. The Balaban J connectivity index is 1.79. The van der Waals surface area contributed by atoms with Crippen molar-refractivity contribution >= 4 is 34.2 Å². The van der Waals surface area contributed by atoms with Crippen molar-refractivity contribution in [1.29, 1.82) is 0 Å². The van der Waals surface area contributed by atoms with E-state index in [0.717, 1.165) is 25.4 Å². The highest BCUT2D eigenvalue weighted by Crippen LogP contribution is 2.35. The quantitative estimate of drug-likeness (QED) is 0.433. The van der Waals surface area contributed by atoms with Crippen molar-refractivity contribution in [2.75, 3.05) is 38.5 Å². The van der Waals surface area contributed by atoms with E-state index in [0.29, 0.717) is 13.1 Å². The third-order valence-electron chi connectivity index (χ3n) is 5.00. The van der Waals surface area contributed by atoms with Gasteiger partial charge in [0.2, 0.25) is 0 Å². The van der Waals surface area contributed by atoms with Crippen LogP contribution in [0.15, 0.2) is 30.5 Å². The van der Waals surface area contributed by atoms with E-state index in [2.05, 4.69) is 15.2 Å². The van der Waals surface area contributed by atoms with Crippen LogP contribution < -0.4 is 5.32 Å². The number of alkyl halides is 5. The van der Waals surface area contributed by atoms with Gasteiger partial charge in [0, 0.05) is 48.2 Å². The van der Waals surface area contributed by atoms with Gasteiger partial charge < -0.3 is 10.2 Å². The number of halogens is 6. The normalized spacial score (nSPS) is 16.0. The summed E-state index contributed by atoms with van der Waals surface area (Å²) in [6.45, 7) is 3.08. The van der Waals surface area contributed by atoms with Gasteiger partial charge in [-0.1, -0.05) is 6.07 Å². The minimum absolute atomic E-state index is 0.0242. The second kappa shape index (κ2) is 9.74. The molecule has 0 spiro atoms. The van der Waals surface area contributed by atoms with E-state index in [-0.39, 0.29) is 26.9 Å². The molecule has 0 aliphatic carbocycles. The SMILES string of the molecule is CN1CCN(Cc2ccc(NC(=O)c3cnc(C(F)F)c(I)c3)cc2C(F)(F)F)CC1. The molecule has 2 aromatic rings. The molecule has 11 heteroatoms. The van der Waals surface area contributed by atoms with Gasteiger partial charge in [0.15, 0.2) is 0 Å². The van der Waals surface area contributed by atoms with E-state index >= 15 is 0 Å². The second-order valence-electron chi connectivity index (χ2n) is 7.29. The zero-order chi connectivity index (χ0) is 22.8. The van der Waals surface area contributed by atoms with E-state index < -0.39 is 29.8 Å². The monoisotopic (exact) mass is 554 g/mol. The first kappa shape index (κ1) is 23.8. The molecule has 168 valence electrons. The molecule has 1 N–H and O–H groups in total. The fourth-order valence-electron chi connectivity index (χ4n) is 3.24. The number of rotatable bonds is 5. The minimum Gasteiger partial charge on any atom is -0.322 e. The van der Waals surface area contributed by atoms with Crippen LogP contribution in [-0.2, 0) is 12.7 Å². The van der Waals surface area contributed by atoms with Crippen LogP contribution in [-0.4, -0.2) is 53.9 Å². The van der Waals surface area contributed by atoms with Crippen molar-refractivity contribution in [3.63, 3.8) is 0 Å². The maximum atomic E-state index is 13.7. The molecule has 0 unspecified atom stereocenters. The summed E-state index contributed by atoms with van der Waals surface area (Å²) in [6, 6.07) is 4.88. The Kier molecular flexibility index (Phi) is 7.47. The third-order valence-corrected chi connectivity index (χ3v) is 5.87. The van der Waals surface area contributed by atoms with E-state index in [1.54, 1.807) is 22.6 Å². The fourth-order valence-corrected chi connectivity index (χ4v) is 3.95. The summed E-state index contributed by atoms with van der Waals surface area (Å²) in [6.07, 6.45) is -6.39. The summed E-state index contributed by atoms with van der Waals surface area (Å²) >= 11 is 1.63. The first-order valence-electron chi connectivity index (χ1n) is 9.40. The minimum atomic E-state index is -4.58. The Morgan fingerprint density at radius 2 is 1.87 bits per heavy atom. The zero-order valence-electron chi connectivity index (χ0n) is 16.5. The van der Waals surface area contributed by atoms with Crippen LogP contribution in [0, 0.1) is 3.57 Å². The maximum Gasteiger partial charge on any atom is 0.416 e. The van der Waals surface area contributed by atoms with Gasteiger partial charge in [-0.15, -0.1) is 0 Å². The Bertz CT molecular complexity index is 946. The summed E-state index contributed by atoms with van der Waals surface area (Å²) in [5.41, 5.74) is -1.20. The highest BCUT2D eigenvalue weighted by Gasteiger charge is 2.34. The Hall–Kier alpha value is -1.86. The van der Waals surface area contributed by atoms with E-state index in [1.165, 1.54) is 18.2 Å². The molecule has 0 saturated carbocycles. The lowest BCUT2D eigenvalue weighted by molar-refractivity contribution is -0.138. The average molecular weight is 554 g/mol. The number of likely N-dealkylation sites (N-methyl/N-ethyl adjacent to an activating group) is 1. The first-order chi connectivity index (χ1) is 14.5. The summed E-state index contributed by atoms with van der Waals surface area (Å²) in [5, 5.41) is 2.39. The average Bonchev–Trinajstić information content (AvgIpc) is 2.69. The van der Waals surface area contributed by atoms with Crippen LogP contribution in [0.4, 0.5) is 27.6 Å². The molecule has 0 bridgehead atoms. The molecule has 3 rings (SSSR count). The standard InChI is InChI=1S/C20H20F5IN4O/c1-29-4-6-30(7-5-29)11-12-2-3-14(9-15(12)20(23,24)25)28-19(31)13-8-16(26)17(18(21)22)27-10-13/h2-3,8-10,18H,4-7,11H2,1H3,(H,28,31). The molecular weight excluding hydrogens is 534 g/mol. The Labute approximate surface area is 189 Å². The molecule has 2 heterocycles. The number of aromatic nitrogens is 1. The number of piperazine rings is 1. The lowest BCUT2D eigenvalue weighted by atomic mass is 10.0. The summed E-state index contributed by atoms with van der Waals surface area (Å²) < 4.78 is 66.7. The highest BCUT2D eigenvalue weighted by molar-refractivity contribution is 14.1. The third kappa shape index (κ3) is 6.10. The largest absolute Gasteiger partial charge is 0.416 e. The van der Waals surface area contributed by atoms with Crippen LogP contribution >= 0.6 is 22.6 Å². The number of benzene rings is 1. The highest BCUT2D eigenvalue weighted by atomic mass is 127. The van der Waals surface area contributed by atoms with Crippen LogP contribution in [0.25, 0.3) is 0 Å². The van der Waals surface area contributed by atoms with Gasteiger partial charge in [-0.25, -0.2) is 8.78 Å². The van der Waals surface area contributed by atoms with E-state index in [4.69, 9.17) is 0 Å². The predicted octanol–water partition coefficient (Wildman–Crippen LogP) is 4.64. The molecule has 1 aliphatic heterocycles. The van der Waals surface area contributed by atoms with Crippen LogP contribution in [0.5, 0.6) is 0 Å². The summed E-state index contributed by atoms with van der Waals surface area (Å²) in [5.74, 6) is -0.730. The number of pyridine rings is 1. The van der Waals surface area contributed by atoms with Gasteiger partial charge in [0.1, 0.15) is 5.69 Å². The van der Waals surface area contributed by atoms with Crippen molar-refractivity contribution in [2.24, 2.45) is 0 Å². The van der Waals surface area contributed by atoms with Crippen molar-refractivity contribution in [2.45, 2.75) is 19.1 Å². The molecule has 1 aromatic carbocycles. The molecule has 1 fully saturated rings. The van der Waals surface area contributed by atoms with Gasteiger partial charge in [0.05, 0.1) is 11.1 Å². The van der Waals surface area contributed by atoms with Gasteiger partial charge >= 0.3 is 6.18 Å². The molecule has 1 saturated heterocycles. The molecule has 5 nitrogen and oxygen atoms in total. The molecule has 1 amide bonds. The van der Waals surface area contributed by atoms with Gasteiger partial charge in [0.25, 0.3) is 12.3 Å². The van der Waals surface area contributed by atoms with Gasteiger partial charge in [-0.2, -0.15) is 13.2 Å². The van der Waals surface area contributed by atoms with E-state index in [1.807, 2.05) is 11.9 Å². The number of nitrogens with zero attached hydrogens (tertiary/aromatic N) is 3. The number of hydrogen-bond acceptors (Lipinski definition) is 4. The number of carbonyl (C=O) groups excluding carboxylic acids is 1. The number of carbonyl (C=O) groups is 1. The summed E-state index contributed by atoms with van der Waals surface area (Å²) in [4.78, 5) is 20.1. The molecule has 1 aromatic heterocycles. The Morgan fingerprint density at radius 3 is 2.45 bits per heavy atom.